The number of nitrogens with zero attached hydrogens (tertiary/aromatic N) is 3. The molecule has 0 aliphatic carbocycles. The Labute approximate surface area is 117 Å². The largest absolute Gasteiger partial charge is 0.353 e. The summed E-state index contributed by atoms with van der Waals surface area (Å²) in [6.45, 7) is 6.27. The summed E-state index contributed by atoms with van der Waals surface area (Å²) < 4.78 is 11.4. The lowest BCUT2D eigenvalue weighted by atomic mass is 10.0. The Hall–Kier alpha value is -1.01. The first kappa shape index (κ1) is 14.4. The standard InChI is InChI=1S/C13H22N4OS/c1-3-10-11(9-14)13(16-15-12(10)4-2)17-5-7-19(18)8-6-17/h3-9,14H2,1-2H3. The summed E-state index contributed by atoms with van der Waals surface area (Å²) >= 11 is 0. The maximum atomic E-state index is 11.4. The van der Waals surface area contributed by atoms with E-state index in [0.717, 1.165) is 43.0 Å². The Morgan fingerprint density at radius 2 is 1.84 bits per heavy atom. The molecule has 0 saturated carbocycles. The number of rotatable bonds is 4. The van der Waals surface area contributed by atoms with Crippen molar-refractivity contribution in [2.24, 2.45) is 5.73 Å². The van der Waals surface area contributed by atoms with E-state index in [1.54, 1.807) is 0 Å². The highest BCUT2D eigenvalue weighted by molar-refractivity contribution is 7.85. The molecule has 0 atom stereocenters. The van der Waals surface area contributed by atoms with Crippen LogP contribution in [0.25, 0.3) is 0 Å². The lowest BCUT2D eigenvalue weighted by Gasteiger charge is -2.29. The fourth-order valence-electron chi connectivity index (χ4n) is 2.56. The molecule has 0 unspecified atom stereocenters. The molecular formula is C13H22N4OS. The number of aryl methyl sites for hydroxylation is 1. The van der Waals surface area contributed by atoms with Gasteiger partial charge in [-0.2, -0.15) is 5.10 Å². The van der Waals surface area contributed by atoms with Gasteiger partial charge in [-0.3, -0.25) is 4.21 Å². The first-order valence-corrected chi connectivity index (χ1v) is 8.37. The van der Waals surface area contributed by atoms with Crippen LogP contribution in [0.1, 0.15) is 30.7 Å². The molecule has 1 aromatic heterocycles. The van der Waals surface area contributed by atoms with Crippen LogP contribution < -0.4 is 10.6 Å². The molecule has 2 heterocycles. The normalized spacial score (nSPS) is 16.9. The van der Waals surface area contributed by atoms with Crippen molar-refractivity contribution in [3.63, 3.8) is 0 Å². The molecule has 1 aliphatic heterocycles. The molecule has 5 nitrogen and oxygen atoms in total. The van der Waals surface area contributed by atoms with Crippen LogP contribution in [0, 0.1) is 0 Å². The summed E-state index contributed by atoms with van der Waals surface area (Å²) in [7, 11) is -0.677. The van der Waals surface area contributed by atoms with Gasteiger partial charge in [0, 0.05) is 47.5 Å². The van der Waals surface area contributed by atoms with E-state index in [4.69, 9.17) is 5.73 Å². The van der Waals surface area contributed by atoms with Crippen molar-refractivity contribution in [2.45, 2.75) is 33.2 Å². The molecular weight excluding hydrogens is 260 g/mol. The summed E-state index contributed by atoms with van der Waals surface area (Å²) in [4.78, 5) is 2.18. The minimum absolute atomic E-state index is 0.487. The van der Waals surface area contributed by atoms with E-state index in [-0.39, 0.29) is 0 Å². The Balaban J connectivity index is 2.37. The molecule has 6 heteroatoms. The van der Waals surface area contributed by atoms with Crippen molar-refractivity contribution in [2.75, 3.05) is 29.5 Å². The van der Waals surface area contributed by atoms with E-state index < -0.39 is 10.8 Å². The average molecular weight is 282 g/mol. The third-order valence-electron chi connectivity index (χ3n) is 3.62. The van der Waals surface area contributed by atoms with Gasteiger partial charge in [0.2, 0.25) is 0 Å². The second-order valence-corrected chi connectivity index (χ2v) is 6.37. The van der Waals surface area contributed by atoms with Gasteiger partial charge in [-0.15, -0.1) is 5.10 Å². The van der Waals surface area contributed by atoms with Crippen molar-refractivity contribution >= 4 is 16.6 Å². The Morgan fingerprint density at radius 1 is 1.16 bits per heavy atom. The second-order valence-electron chi connectivity index (χ2n) is 4.67. The average Bonchev–Trinajstić information content (AvgIpc) is 2.46. The van der Waals surface area contributed by atoms with Gasteiger partial charge in [0.15, 0.2) is 5.82 Å². The van der Waals surface area contributed by atoms with Gasteiger partial charge in [-0.1, -0.05) is 13.8 Å². The van der Waals surface area contributed by atoms with Gasteiger partial charge in [-0.05, 0) is 18.4 Å². The molecule has 1 aromatic rings. The fraction of sp³-hybridized carbons (Fsp3) is 0.692. The van der Waals surface area contributed by atoms with E-state index in [1.807, 2.05) is 0 Å². The summed E-state index contributed by atoms with van der Waals surface area (Å²) in [5.41, 5.74) is 9.33. The van der Waals surface area contributed by atoms with E-state index in [1.165, 1.54) is 5.56 Å². The van der Waals surface area contributed by atoms with Crippen LogP contribution in [-0.4, -0.2) is 39.0 Å². The number of nitrogens with two attached hydrogens (primary N) is 1. The minimum Gasteiger partial charge on any atom is -0.353 e. The molecule has 0 radical (unpaired) electrons. The highest BCUT2D eigenvalue weighted by atomic mass is 32.2. The molecule has 2 rings (SSSR count). The molecule has 2 N–H and O–H groups in total. The van der Waals surface area contributed by atoms with E-state index >= 15 is 0 Å². The summed E-state index contributed by atoms with van der Waals surface area (Å²) in [5.74, 6) is 2.32. The molecule has 106 valence electrons. The molecule has 1 fully saturated rings. The summed E-state index contributed by atoms with van der Waals surface area (Å²) in [6, 6.07) is 0. The van der Waals surface area contributed by atoms with Crippen LogP contribution >= 0.6 is 0 Å². The third kappa shape index (κ3) is 2.95. The Kier molecular flexibility index (Phi) is 4.87. The number of aromatic nitrogens is 2. The van der Waals surface area contributed by atoms with Crippen LogP contribution in [0.15, 0.2) is 0 Å². The zero-order valence-electron chi connectivity index (χ0n) is 11.7. The monoisotopic (exact) mass is 282 g/mol. The summed E-state index contributed by atoms with van der Waals surface area (Å²) in [6.07, 6.45) is 1.81. The highest BCUT2D eigenvalue weighted by Crippen LogP contribution is 2.24. The lowest BCUT2D eigenvalue weighted by Crippen LogP contribution is -2.39. The summed E-state index contributed by atoms with van der Waals surface area (Å²) in [5, 5.41) is 8.72. The van der Waals surface area contributed by atoms with Gasteiger partial charge in [0.1, 0.15) is 0 Å². The van der Waals surface area contributed by atoms with Crippen molar-refractivity contribution in [1.82, 2.24) is 10.2 Å². The van der Waals surface area contributed by atoms with Gasteiger partial charge >= 0.3 is 0 Å². The zero-order valence-corrected chi connectivity index (χ0v) is 12.5. The van der Waals surface area contributed by atoms with E-state index in [0.29, 0.717) is 18.1 Å². The second kappa shape index (κ2) is 6.43. The predicted octanol–water partition coefficient (Wildman–Crippen LogP) is 0.629. The molecule has 1 aliphatic rings. The minimum atomic E-state index is -0.677. The van der Waals surface area contributed by atoms with Crippen molar-refractivity contribution in [3.8, 4) is 0 Å². The van der Waals surface area contributed by atoms with Gasteiger partial charge < -0.3 is 10.6 Å². The highest BCUT2D eigenvalue weighted by Gasteiger charge is 2.22. The molecule has 0 spiro atoms. The number of hydrogen-bond donors (Lipinski definition) is 1. The fourth-order valence-corrected chi connectivity index (χ4v) is 3.61. The molecule has 19 heavy (non-hydrogen) atoms. The first-order chi connectivity index (χ1) is 9.21. The molecule has 0 amide bonds. The van der Waals surface area contributed by atoms with Crippen LogP contribution in [-0.2, 0) is 30.2 Å². The van der Waals surface area contributed by atoms with Crippen LogP contribution in [0.2, 0.25) is 0 Å². The van der Waals surface area contributed by atoms with Gasteiger partial charge in [0.05, 0.1) is 5.69 Å². The molecule has 1 saturated heterocycles. The van der Waals surface area contributed by atoms with Gasteiger partial charge in [0.25, 0.3) is 0 Å². The van der Waals surface area contributed by atoms with Crippen molar-refractivity contribution < 1.29 is 4.21 Å². The first-order valence-electron chi connectivity index (χ1n) is 6.88. The SMILES string of the molecule is CCc1nnc(N2CCS(=O)CC2)c(CN)c1CC. The van der Waals surface area contributed by atoms with Crippen molar-refractivity contribution in [1.29, 1.82) is 0 Å². The van der Waals surface area contributed by atoms with E-state index in [9.17, 15) is 4.21 Å². The van der Waals surface area contributed by atoms with E-state index in [2.05, 4.69) is 28.9 Å². The third-order valence-corrected chi connectivity index (χ3v) is 4.89. The zero-order chi connectivity index (χ0) is 13.8. The maximum absolute atomic E-state index is 11.4. The number of hydrogen-bond acceptors (Lipinski definition) is 5. The Bertz CT molecular complexity index is 468. The van der Waals surface area contributed by atoms with Gasteiger partial charge in [-0.25, -0.2) is 0 Å². The van der Waals surface area contributed by atoms with Crippen LogP contribution in [0.4, 0.5) is 5.82 Å². The van der Waals surface area contributed by atoms with Crippen molar-refractivity contribution in [3.05, 3.63) is 16.8 Å². The lowest BCUT2D eigenvalue weighted by molar-refractivity contribution is 0.670. The topological polar surface area (TPSA) is 72.1 Å². The van der Waals surface area contributed by atoms with Crippen LogP contribution in [0.3, 0.4) is 0 Å². The maximum Gasteiger partial charge on any atom is 0.156 e. The predicted molar refractivity (Wildman–Crippen MR) is 78.8 cm³/mol. The smallest absolute Gasteiger partial charge is 0.156 e. The van der Waals surface area contributed by atoms with Crippen LogP contribution in [0.5, 0.6) is 0 Å². The quantitative estimate of drug-likeness (QED) is 0.877. The molecule has 0 bridgehead atoms. The molecule has 0 aromatic carbocycles. The number of anilines is 1. The Morgan fingerprint density at radius 3 is 2.37 bits per heavy atom.